The van der Waals surface area contributed by atoms with E-state index in [2.05, 4.69) is 9.97 Å². The maximum absolute atomic E-state index is 12.3. The summed E-state index contributed by atoms with van der Waals surface area (Å²) in [6.45, 7) is 6.49. The molecule has 0 radical (unpaired) electrons. The van der Waals surface area contributed by atoms with E-state index in [9.17, 15) is 9.59 Å². The Hall–Kier alpha value is -2.43. The van der Waals surface area contributed by atoms with Gasteiger partial charge in [-0.3, -0.25) is 9.59 Å². The molecule has 0 amide bonds. The van der Waals surface area contributed by atoms with Crippen LogP contribution in [0.15, 0.2) is 23.0 Å². The number of carbonyl (C=O) groups excluding carboxylic acids is 1. The first-order chi connectivity index (χ1) is 11.1. The van der Waals surface area contributed by atoms with Crippen LogP contribution in [0.25, 0.3) is 11.4 Å². The van der Waals surface area contributed by atoms with Gasteiger partial charge in [-0.1, -0.05) is 20.8 Å². The number of hydrogen-bond donors (Lipinski definition) is 1. The van der Waals surface area contributed by atoms with Crippen LogP contribution < -0.4 is 10.3 Å². The van der Waals surface area contributed by atoms with Crippen LogP contribution in [-0.4, -0.2) is 22.9 Å². The molecule has 0 saturated carbocycles. The van der Waals surface area contributed by atoms with Gasteiger partial charge in [0.15, 0.2) is 0 Å². The number of rotatable bonds is 7. The minimum Gasteiger partial charge on any atom is -0.493 e. The quantitative estimate of drug-likeness (QED) is 0.797. The van der Waals surface area contributed by atoms with Gasteiger partial charge in [-0.05, 0) is 37.5 Å². The minimum absolute atomic E-state index is 0.132. The summed E-state index contributed by atoms with van der Waals surface area (Å²) in [7, 11) is 0. The van der Waals surface area contributed by atoms with Crippen LogP contribution in [0.2, 0.25) is 0 Å². The Labute approximate surface area is 135 Å². The first-order valence-corrected chi connectivity index (χ1v) is 7.98. The van der Waals surface area contributed by atoms with E-state index in [1.54, 1.807) is 18.2 Å². The van der Waals surface area contributed by atoms with Crippen LogP contribution in [0.3, 0.4) is 0 Å². The van der Waals surface area contributed by atoms with Crippen LogP contribution in [0.5, 0.6) is 5.75 Å². The van der Waals surface area contributed by atoms with Crippen molar-refractivity contribution in [2.45, 2.75) is 40.0 Å². The van der Waals surface area contributed by atoms with Gasteiger partial charge in [-0.25, -0.2) is 4.98 Å². The van der Waals surface area contributed by atoms with Gasteiger partial charge >= 0.3 is 0 Å². The van der Waals surface area contributed by atoms with Crippen molar-refractivity contribution in [1.29, 1.82) is 0 Å². The number of nitrogens with one attached hydrogen (secondary N) is 1. The highest BCUT2D eigenvalue weighted by atomic mass is 16.5. The zero-order valence-electron chi connectivity index (χ0n) is 13.8. The number of aromatic amines is 1. The number of carbonyl (C=O) groups is 1. The molecule has 0 saturated heterocycles. The van der Waals surface area contributed by atoms with E-state index in [4.69, 9.17) is 4.74 Å². The molecule has 0 aliphatic rings. The van der Waals surface area contributed by atoms with Crippen LogP contribution in [0.4, 0.5) is 0 Å². The van der Waals surface area contributed by atoms with Crippen LogP contribution in [0, 0.1) is 0 Å². The van der Waals surface area contributed by atoms with Crippen molar-refractivity contribution >= 4 is 6.29 Å². The zero-order chi connectivity index (χ0) is 16.8. The molecule has 5 nitrogen and oxygen atoms in total. The van der Waals surface area contributed by atoms with Gasteiger partial charge in [-0.2, -0.15) is 0 Å². The molecule has 0 atom stereocenters. The number of aromatic nitrogens is 2. The molecule has 1 heterocycles. The Morgan fingerprint density at radius 1 is 1.22 bits per heavy atom. The van der Waals surface area contributed by atoms with E-state index in [1.807, 2.05) is 20.8 Å². The van der Waals surface area contributed by atoms with Gasteiger partial charge in [0.2, 0.25) is 0 Å². The van der Waals surface area contributed by atoms with E-state index >= 15 is 0 Å². The first kappa shape index (κ1) is 16.9. The van der Waals surface area contributed by atoms with Gasteiger partial charge in [0.05, 0.1) is 17.9 Å². The summed E-state index contributed by atoms with van der Waals surface area (Å²) >= 11 is 0. The number of nitrogens with zero attached hydrogens (tertiary/aromatic N) is 1. The van der Waals surface area contributed by atoms with Gasteiger partial charge in [0.25, 0.3) is 5.56 Å². The van der Waals surface area contributed by atoms with E-state index in [1.165, 1.54) is 0 Å². The third kappa shape index (κ3) is 3.67. The van der Waals surface area contributed by atoms with Crippen molar-refractivity contribution in [3.05, 3.63) is 45.4 Å². The van der Waals surface area contributed by atoms with Crippen molar-refractivity contribution in [1.82, 2.24) is 9.97 Å². The second-order valence-corrected chi connectivity index (χ2v) is 5.27. The lowest BCUT2D eigenvalue weighted by molar-refractivity contribution is 0.112. The Morgan fingerprint density at radius 3 is 2.61 bits per heavy atom. The lowest BCUT2D eigenvalue weighted by Crippen LogP contribution is -2.18. The molecule has 0 fully saturated rings. The average molecular weight is 314 g/mol. The van der Waals surface area contributed by atoms with E-state index in [-0.39, 0.29) is 5.56 Å². The molecule has 2 aromatic rings. The molecule has 5 heteroatoms. The maximum Gasteiger partial charge on any atom is 0.254 e. The summed E-state index contributed by atoms with van der Waals surface area (Å²) in [5, 5.41) is 0. The normalized spacial score (nSPS) is 10.6. The Morgan fingerprint density at radius 2 is 2.00 bits per heavy atom. The summed E-state index contributed by atoms with van der Waals surface area (Å²) in [6.07, 6.45) is 2.96. The first-order valence-electron chi connectivity index (χ1n) is 7.98. The zero-order valence-corrected chi connectivity index (χ0v) is 13.8. The molecule has 0 spiro atoms. The molecule has 0 aliphatic heterocycles. The van der Waals surface area contributed by atoms with Crippen LogP contribution in [-0.2, 0) is 12.8 Å². The lowest BCUT2D eigenvalue weighted by atomic mass is 10.1. The molecule has 1 N–H and O–H groups in total. The SMILES string of the molecule is CCCOc1ccc(C=O)cc1-c1nc(CC)c(CC)c(=O)[nH]1. The molecule has 0 bridgehead atoms. The number of ether oxygens (including phenoxy) is 1. The van der Waals surface area contributed by atoms with Gasteiger partial charge in [0.1, 0.15) is 17.9 Å². The third-order valence-corrected chi connectivity index (χ3v) is 3.65. The topological polar surface area (TPSA) is 72.0 Å². The van der Waals surface area contributed by atoms with Gasteiger partial charge in [0, 0.05) is 11.1 Å². The number of aldehydes is 1. The smallest absolute Gasteiger partial charge is 0.254 e. The fourth-order valence-corrected chi connectivity index (χ4v) is 2.47. The summed E-state index contributed by atoms with van der Waals surface area (Å²) in [4.78, 5) is 30.8. The van der Waals surface area contributed by atoms with Crippen LogP contribution in [0.1, 0.15) is 48.8 Å². The second kappa shape index (κ2) is 7.72. The summed E-state index contributed by atoms with van der Waals surface area (Å²) in [5.41, 5.74) is 2.51. The van der Waals surface area contributed by atoms with E-state index in [0.717, 1.165) is 18.4 Å². The highest BCUT2D eigenvalue weighted by Crippen LogP contribution is 2.28. The van der Waals surface area contributed by atoms with Crippen molar-refractivity contribution < 1.29 is 9.53 Å². The fraction of sp³-hybridized carbons (Fsp3) is 0.389. The molecule has 1 aromatic heterocycles. The van der Waals surface area contributed by atoms with Gasteiger partial charge in [-0.15, -0.1) is 0 Å². The average Bonchev–Trinajstić information content (AvgIpc) is 2.58. The molecule has 1 aromatic carbocycles. The van der Waals surface area contributed by atoms with Crippen molar-refractivity contribution in [2.75, 3.05) is 6.61 Å². The Kier molecular flexibility index (Phi) is 5.68. The standard InChI is InChI=1S/C18H22N2O3/c1-4-9-23-16-8-7-12(11-21)10-14(16)17-19-15(6-3)13(5-2)18(22)20-17/h7-8,10-11H,4-6,9H2,1-3H3,(H,19,20,22). The highest BCUT2D eigenvalue weighted by Gasteiger charge is 2.14. The van der Waals surface area contributed by atoms with Gasteiger partial charge < -0.3 is 9.72 Å². The molecule has 122 valence electrons. The molecular weight excluding hydrogens is 292 g/mol. The largest absolute Gasteiger partial charge is 0.493 e. The van der Waals surface area contributed by atoms with Crippen molar-refractivity contribution in [2.24, 2.45) is 0 Å². The van der Waals surface area contributed by atoms with E-state index in [0.29, 0.717) is 47.7 Å². The lowest BCUT2D eigenvalue weighted by Gasteiger charge is -2.13. The number of aryl methyl sites for hydroxylation is 1. The second-order valence-electron chi connectivity index (χ2n) is 5.27. The maximum atomic E-state index is 12.3. The fourth-order valence-electron chi connectivity index (χ4n) is 2.47. The molecule has 0 unspecified atom stereocenters. The Bertz CT molecular complexity index is 750. The predicted octanol–water partition coefficient (Wildman–Crippen LogP) is 3.16. The molecule has 2 rings (SSSR count). The van der Waals surface area contributed by atoms with E-state index < -0.39 is 0 Å². The van der Waals surface area contributed by atoms with Crippen molar-refractivity contribution in [3.63, 3.8) is 0 Å². The molecular formula is C18H22N2O3. The van der Waals surface area contributed by atoms with Crippen molar-refractivity contribution in [3.8, 4) is 17.1 Å². The summed E-state index contributed by atoms with van der Waals surface area (Å²) in [6, 6.07) is 5.14. The minimum atomic E-state index is -0.132. The number of hydrogen-bond acceptors (Lipinski definition) is 4. The highest BCUT2D eigenvalue weighted by molar-refractivity contribution is 5.80. The Balaban J connectivity index is 2.61. The summed E-state index contributed by atoms with van der Waals surface area (Å²) < 4.78 is 5.73. The number of H-pyrrole nitrogens is 1. The summed E-state index contributed by atoms with van der Waals surface area (Å²) in [5.74, 6) is 1.06. The molecule has 0 aliphatic carbocycles. The van der Waals surface area contributed by atoms with Crippen LogP contribution >= 0.6 is 0 Å². The molecule has 23 heavy (non-hydrogen) atoms. The predicted molar refractivity (Wildman–Crippen MR) is 90.2 cm³/mol. The number of benzene rings is 1. The monoisotopic (exact) mass is 314 g/mol. The third-order valence-electron chi connectivity index (χ3n) is 3.65.